The van der Waals surface area contributed by atoms with Crippen molar-refractivity contribution >= 4 is 15.7 Å². The lowest BCUT2D eigenvalue weighted by atomic mass is 10.2. The molecule has 0 aliphatic carbocycles. The van der Waals surface area contributed by atoms with Crippen LogP contribution in [-0.2, 0) is 10.0 Å². The van der Waals surface area contributed by atoms with Crippen molar-refractivity contribution in [1.29, 1.82) is 0 Å². The zero-order valence-corrected chi connectivity index (χ0v) is 17.0. The van der Waals surface area contributed by atoms with E-state index < -0.39 is 16.1 Å². The minimum Gasteiger partial charge on any atom is -0.497 e. The lowest BCUT2D eigenvalue weighted by Gasteiger charge is -2.35. The third kappa shape index (κ3) is 6.73. The molecule has 0 aromatic heterocycles. The maximum Gasteiger partial charge on any atom is 0.217 e. The molecule has 1 saturated heterocycles. The number of nitrogens with zero attached hydrogens (tertiary/aromatic N) is 2. The van der Waals surface area contributed by atoms with Crippen LogP contribution in [0.2, 0.25) is 0 Å². The first kappa shape index (κ1) is 21.5. The third-order valence-corrected chi connectivity index (χ3v) is 6.48. The molecule has 0 amide bonds. The van der Waals surface area contributed by atoms with Gasteiger partial charge in [-0.25, -0.2) is 8.42 Å². The first-order valence-electron chi connectivity index (χ1n) is 9.49. The third-order valence-electron chi connectivity index (χ3n) is 4.59. The van der Waals surface area contributed by atoms with Gasteiger partial charge in [-0.1, -0.05) is 31.8 Å². The second-order valence-electron chi connectivity index (χ2n) is 6.66. The first-order chi connectivity index (χ1) is 13.0. The van der Waals surface area contributed by atoms with Crippen molar-refractivity contribution in [3.8, 4) is 17.6 Å². The number of piperazine rings is 1. The Morgan fingerprint density at radius 1 is 1.22 bits per heavy atom. The van der Waals surface area contributed by atoms with Gasteiger partial charge in [0, 0.05) is 44.4 Å². The molecule has 1 atom stereocenters. The predicted octanol–water partition coefficient (Wildman–Crippen LogP) is 2.09. The predicted molar refractivity (Wildman–Crippen MR) is 108 cm³/mol. The van der Waals surface area contributed by atoms with E-state index in [1.54, 1.807) is 7.11 Å². The van der Waals surface area contributed by atoms with Gasteiger partial charge < -0.3 is 14.7 Å². The summed E-state index contributed by atoms with van der Waals surface area (Å²) in [5.74, 6) is 5.98. The Labute approximate surface area is 163 Å². The van der Waals surface area contributed by atoms with Gasteiger partial charge in [0.2, 0.25) is 10.0 Å². The molecule has 1 unspecified atom stereocenters. The zero-order chi connectivity index (χ0) is 19.7. The molecule has 1 aromatic carbocycles. The van der Waals surface area contributed by atoms with Crippen molar-refractivity contribution in [2.45, 2.75) is 38.7 Å². The lowest BCUT2D eigenvalue weighted by molar-refractivity contribution is 0.251. The van der Waals surface area contributed by atoms with Crippen LogP contribution in [0.3, 0.4) is 0 Å². The Kier molecular flexibility index (Phi) is 8.42. The van der Waals surface area contributed by atoms with Gasteiger partial charge in [0.25, 0.3) is 0 Å². The van der Waals surface area contributed by atoms with E-state index in [9.17, 15) is 13.5 Å². The fraction of sp³-hybridized carbons (Fsp3) is 0.600. The number of ether oxygens (including phenoxy) is 1. The van der Waals surface area contributed by atoms with Gasteiger partial charge in [-0.15, -0.1) is 5.92 Å². The SMILES string of the molecule is CCCCCC#CC(O)CS(=O)(=O)N1CCN(c2cccc(OC)c2)CC1. The molecule has 1 fully saturated rings. The Morgan fingerprint density at radius 2 is 1.96 bits per heavy atom. The Balaban J connectivity index is 1.86. The number of hydrogen-bond acceptors (Lipinski definition) is 5. The molecule has 0 spiro atoms. The molecule has 27 heavy (non-hydrogen) atoms. The molecular formula is C20H30N2O4S. The summed E-state index contributed by atoms with van der Waals surface area (Å²) in [5, 5.41) is 9.96. The number of benzene rings is 1. The molecule has 150 valence electrons. The number of aliphatic hydroxyl groups is 1. The summed E-state index contributed by atoms with van der Waals surface area (Å²) in [6.45, 7) is 4.12. The van der Waals surface area contributed by atoms with Gasteiger partial charge >= 0.3 is 0 Å². The van der Waals surface area contributed by atoms with Crippen LogP contribution in [0.15, 0.2) is 24.3 Å². The van der Waals surface area contributed by atoms with Crippen LogP contribution in [0.1, 0.15) is 32.6 Å². The molecule has 6 nitrogen and oxygen atoms in total. The molecule has 1 aromatic rings. The highest BCUT2D eigenvalue weighted by Gasteiger charge is 2.28. The maximum absolute atomic E-state index is 12.5. The summed E-state index contributed by atoms with van der Waals surface area (Å²) >= 11 is 0. The molecule has 1 heterocycles. The highest BCUT2D eigenvalue weighted by atomic mass is 32.2. The normalized spacial score (nSPS) is 16.5. The summed E-state index contributed by atoms with van der Waals surface area (Å²) in [6.07, 6.45) is 2.76. The molecule has 0 bridgehead atoms. The smallest absolute Gasteiger partial charge is 0.217 e. The lowest BCUT2D eigenvalue weighted by Crippen LogP contribution is -2.50. The van der Waals surface area contributed by atoms with Gasteiger partial charge in [0.15, 0.2) is 0 Å². The van der Waals surface area contributed by atoms with Crippen LogP contribution in [0, 0.1) is 11.8 Å². The van der Waals surface area contributed by atoms with Crippen molar-refractivity contribution < 1.29 is 18.3 Å². The van der Waals surface area contributed by atoms with Crippen molar-refractivity contribution in [2.24, 2.45) is 0 Å². The van der Waals surface area contributed by atoms with Crippen LogP contribution in [-0.4, -0.2) is 63.0 Å². The molecule has 1 N–H and O–H groups in total. The summed E-state index contributed by atoms with van der Waals surface area (Å²) in [6, 6.07) is 7.74. The van der Waals surface area contributed by atoms with Crippen molar-refractivity contribution in [2.75, 3.05) is 43.9 Å². The summed E-state index contributed by atoms with van der Waals surface area (Å²) in [4.78, 5) is 2.14. The van der Waals surface area contributed by atoms with Crippen molar-refractivity contribution in [3.63, 3.8) is 0 Å². The van der Waals surface area contributed by atoms with E-state index in [-0.39, 0.29) is 5.75 Å². The van der Waals surface area contributed by atoms with Crippen LogP contribution < -0.4 is 9.64 Å². The van der Waals surface area contributed by atoms with Crippen molar-refractivity contribution in [3.05, 3.63) is 24.3 Å². The van der Waals surface area contributed by atoms with Gasteiger partial charge in [0.05, 0.1) is 7.11 Å². The van der Waals surface area contributed by atoms with E-state index >= 15 is 0 Å². The number of aliphatic hydroxyl groups excluding tert-OH is 1. The molecule has 0 saturated carbocycles. The first-order valence-corrected chi connectivity index (χ1v) is 11.1. The molecule has 1 aliphatic rings. The van der Waals surface area contributed by atoms with E-state index in [0.29, 0.717) is 32.6 Å². The minimum atomic E-state index is -3.52. The molecule has 0 radical (unpaired) electrons. The molecule has 1 aliphatic heterocycles. The fourth-order valence-electron chi connectivity index (χ4n) is 3.03. The molecule has 2 rings (SSSR count). The van der Waals surface area contributed by atoms with Crippen LogP contribution >= 0.6 is 0 Å². The second-order valence-corrected chi connectivity index (χ2v) is 8.67. The quantitative estimate of drug-likeness (QED) is 0.540. The van der Waals surface area contributed by atoms with Crippen LogP contribution in [0.25, 0.3) is 0 Å². The number of methoxy groups -OCH3 is 1. The van der Waals surface area contributed by atoms with E-state index in [4.69, 9.17) is 4.74 Å². The van der Waals surface area contributed by atoms with E-state index in [0.717, 1.165) is 30.7 Å². The van der Waals surface area contributed by atoms with Crippen LogP contribution in [0.5, 0.6) is 5.75 Å². The molecular weight excluding hydrogens is 364 g/mol. The Bertz CT molecular complexity index is 747. The standard InChI is InChI=1S/C20H30N2O4S/c1-3-4-5-6-7-10-19(23)17-27(24,25)22-14-12-21(13-15-22)18-9-8-11-20(16-18)26-2/h8-9,11,16,19,23H,3-6,12-15,17H2,1-2H3. The van der Waals surface area contributed by atoms with Gasteiger partial charge in [-0.2, -0.15) is 4.31 Å². The monoisotopic (exact) mass is 394 g/mol. The number of rotatable bonds is 8. The maximum atomic E-state index is 12.5. The van der Waals surface area contributed by atoms with Crippen LogP contribution in [0.4, 0.5) is 5.69 Å². The fourth-order valence-corrected chi connectivity index (χ4v) is 4.44. The number of anilines is 1. The Hall–Kier alpha value is -1.75. The van der Waals surface area contributed by atoms with Crippen molar-refractivity contribution in [1.82, 2.24) is 4.31 Å². The van der Waals surface area contributed by atoms with Gasteiger partial charge in [-0.05, 0) is 18.6 Å². The minimum absolute atomic E-state index is 0.340. The highest BCUT2D eigenvalue weighted by Crippen LogP contribution is 2.22. The largest absolute Gasteiger partial charge is 0.497 e. The number of hydrogen-bond donors (Lipinski definition) is 1. The number of unbranched alkanes of at least 4 members (excludes halogenated alkanes) is 3. The average molecular weight is 395 g/mol. The van der Waals surface area contributed by atoms with E-state index in [1.165, 1.54) is 4.31 Å². The average Bonchev–Trinajstić information content (AvgIpc) is 2.67. The summed E-state index contributed by atoms with van der Waals surface area (Å²) in [7, 11) is -1.89. The van der Waals surface area contributed by atoms with Gasteiger partial charge in [-0.3, -0.25) is 0 Å². The zero-order valence-electron chi connectivity index (χ0n) is 16.2. The topological polar surface area (TPSA) is 70.1 Å². The summed E-state index contributed by atoms with van der Waals surface area (Å²) < 4.78 is 31.8. The second kappa shape index (κ2) is 10.5. The summed E-state index contributed by atoms with van der Waals surface area (Å²) in [5.41, 5.74) is 1.02. The highest BCUT2D eigenvalue weighted by molar-refractivity contribution is 7.89. The number of sulfonamides is 1. The molecule has 7 heteroatoms. The van der Waals surface area contributed by atoms with E-state index in [1.807, 2.05) is 24.3 Å². The van der Waals surface area contributed by atoms with Gasteiger partial charge in [0.1, 0.15) is 17.6 Å². The Morgan fingerprint density at radius 3 is 2.63 bits per heavy atom. The van der Waals surface area contributed by atoms with E-state index in [2.05, 4.69) is 23.7 Å².